The molecule has 0 radical (unpaired) electrons. The zero-order valence-electron chi connectivity index (χ0n) is 6.23. The third kappa shape index (κ3) is 16.8. The van der Waals surface area contributed by atoms with Gasteiger partial charge in [-0.3, -0.25) is 0 Å². The molecule has 3 N–H and O–H groups in total. The van der Waals surface area contributed by atoms with E-state index in [2.05, 4.69) is 0 Å². The first kappa shape index (κ1) is 10.8. The van der Waals surface area contributed by atoms with E-state index < -0.39 is 5.60 Å². The maximum absolute atomic E-state index is 8.70. The Hall–Kier alpha value is -0.0800. The van der Waals surface area contributed by atoms with Crippen LogP contribution in [-0.4, -0.2) is 17.3 Å². The van der Waals surface area contributed by atoms with Crippen molar-refractivity contribution in [2.45, 2.75) is 33.3 Å². The molecule has 52 valence electrons. The molecule has 0 bridgehead atoms. The molecule has 2 heteroatoms. The van der Waals surface area contributed by atoms with E-state index in [4.69, 9.17) is 10.8 Å². The smallest absolute Gasteiger partial charge is 0.0713 e. The Bertz CT molecular complexity index is 38.3. The second-order valence-corrected chi connectivity index (χ2v) is 2.02. The molecule has 0 aliphatic rings. The zero-order chi connectivity index (χ0) is 7.21. The molecular formula is C6H17NO. The lowest BCUT2D eigenvalue weighted by atomic mass is 10.1. The maximum atomic E-state index is 8.70. The Kier molecular flexibility index (Phi) is 6.85. The van der Waals surface area contributed by atoms with E-state index >= 15 is 0 Å². The lowest BCUT2D eigenvalue weighted by molar-refractivity contribution is 0.0898. The van der Waals surface area contributed by atoms with E-state index in [-0.39, 0.29) is 0 Å². The molecule has 0 aromatic carbocycles. The number of nitrogens with two attached hydrogens (primary N) is 1. The van der Waals surface area contributed by atoms with Crippen LogP contribution in [0.2, 0.25) is 0 Å². The highest BCUT2D eigenvalue weighted by Gasteiger charge is 2.06. The lowest BCUT2D eigenvalue weighted by Crippen LogP contribution is -2.29. The fraction of sp³-hybridized carbons (Fsp3) is 1.00. The summed E-state index contributed by atoms with van der Waals surface area (Å²) in [5.74, 6) is 0. The quantitative estimate of drug-likeness (QED) is 0.535. The van der Waals surface area contributed by atoms with Crippen molar-refractivity contribution in [3.63, 3.8) is 0 Å². The molecule has 0 rings (SSSR count). The fourth-order valence-corrected chi connectivity index (χ4v) is 0. The van der Waals surface area contributed by atoms with E-state index in [9.17, 15) is 0 Å². The van der Waals surface area contributed by atoms with Crippen molar-refractivity contribution in [1.82, 2.24) is 0 Å². The van der Waals surface area contributed by atoms with Crippen molar-refractivity contribution >= 4 is 0 Å². The van der Waals surface area contributed by atoms with E-state index in [1.54, 1.807) is 13.8 Å². The van der Waals surface area contributed by atoms with Crippen molar-refractivity contribution < 1.29 is 5.11 Å². The van der Waals surface area contributed by atoms with E-state index in [1.807, 2.05) is 13.8 Å². The van der Waals surface area contributed by atoms with Crippen LogP contribution in [0.5, 0.6) is 0 Å². The summed E-state index contributed by atoms with van der Waals surface area (Å²) in [6.07, 6.45) is 0. The molecule has 8 heavy (non-hydrogen) atoms. The standard InChI is InChI=1S/C4H11NO.C2H6/c1-4(2,6)3-5;1-2/h6H,3,5H2,1-2H3;1-2H3. The molecule has 0 fully saturated rings. The van der Waals surface area contributed by atoms with Crippen LogP contribution in [0.25, 0.3) is 0 Å². The summed E-state index contributed by atoms with van der Waals surface area (Å²) in [7, 11) is 0. The van der Waals surface area contributed by atoms with Gasteiger partial charge in [0.05, 0.1) is 5.60 Å². The first-order chi connectivity index (χ1) is 3.56. The van der Waals surface area contributed by atoms with Gasteiger partial charge in [0.1, 0.15) is 0 Å². The number of rotatable bonds is 1. The Labute approximate surface area is 51.7 Å². The fourth-order valence-electron chi connectivity index (χ4n) is 0. The van der Waals surface area contributed by atoms with Crippen molar-refractivity contribution in [3.8, 4) is 0 Å². The molecule has 0 spiro atoms. The predicted molar refractivity (Wildman–Crippen MR) is 36.7 cm³/mol. The molecule has 0 unspecified atom stereocenters. The average Bonchev–Trinajstić information content (AvgIpc) is 1.71. The van der Waals surface area contributed by atoms with Crippen LogP contribution in [-0.2, 0) is 0 Å². The Morgan fingerprint density at radius 1 is 1.38 bits per heavy atom. The van der Waals surface area contributed by atoms with Crippen LogP contribution in [0, 0.1) is 0 Å². The molecule has 0 aromatic rings. The molecular weight excluding hydrogens is 102 g/mol. The van der Waals surface area contributed by atoms with Gasteiger partial charge in [0.15, 0.2) is 0 Å². The molecule has 0 aliphatic carbocycles. The summed E-state index contributed by atoms with van der Waals surface area (Å²) in [6.45, 7) is 7.67. The third-order valence-electron chi connectivity index (χ3n) is 0.500. The molecule has 0 saturated heterocycles. The van der Waals surface area contributed by atoms with Crippen LogP contribution < -0.4 is 5.73 Å². The monoisotopic (exact) mass is 119 g/mol. The van der Waals surface area contributed by atoms with Gasteiger partial charge in [0.2, 0.25) is 0 Å². The van der Waals surface area contributed by atoms with Crippen LogP contribution in [0.1, 0.15) is 27.7 Å². The summed E-state index contributed by atoms with van der Waals surface area (Å²) in [5, 5.41) is 8.70. The Morgan fingerprint density at radius 2 is 1.50 bits per heavy atom. The van der Waals surface area contributed by atoms with Crippen molar-refractivity contribution in [2.24, 2.45) is 5.73 Å². The zero-order valence-corrected chi connectivity index (χ0v) is 6.23. The van der Waals surface area contributed by atoms with E-state index in [1.165, 1.54) is 0 Å². The van der Waals surface area contributed by atoms with Crippen molar-refractivity contribution in [1.29, 1.82) is 0 Å². The maximum Gasteiger partial charge on any atom is 0.0713 e. The summed E-state index contributed by atoms with van der Waals surface area (Å²) in [4.78, 5) is 0. The molecule has 0 aliphatic heterocycles. The second-order valence-electron chi connectivity index (χ2n) is 2.02. The highest BCUT2D eigenvalue weighted by Crippen LogP contribution is 1.93. The van der Waals surface area contributed by atoms with E-state index in [0.717, 1.165) is 0 Å². The molecule has 0 aromatic heterocycles. The van der Waals surface area contributed by atoms with E-state index in [0.29, 0.717) is 6.54 Å². The van der Waals surface area contributed by atoms with Gasteiger partial charge in [0, 0.05) is 6.54 Å². The first-order valence-electron chi connectivity index (χ1n) is 2.99. The van der Waals surface area contributed by atoms with Gasteiger partial charge in [-0.25, -0.2) is 0 Å². The SMILES string of the molecule is CC.CC(C)(O)CN. The van der Waals surface area contributed by atoms with Gasteiger partial charge in [-0.05, 0) is 13.8 Å². The molecule has 0 saturated carbocycles. The van der Waals surface area contributed by atoms with Crippen LogP contribution in [0.15, 0.2) is 0 Å². The molecule has 2 nitrogen and oxygen atoms in total. The number of hydrogen-bond acceptors (Lipinski definition) is 2. The minimum absolute atomic E-state index is 0.326. The van der Waals surface area contributed by atoms with Crippen LogP contribution in [0.4, 0.5) is 0 Å². The molecule has 0 atom stereocenters. The van der Waals surface area contributed by atoms with Gasteiger partial charge < -0.3 is 10.8 Å². The topological polar surface area (TPSA) is 46.2 Å². The largest absolute Gasteiger partial charge is 0.389 e. The van der Waals surface area contributed by atoms with Gasteiger partial charge in [0.25, 0.3) is 0 Å². The van der Waals surface area contributed by atoms with Gasteiger partial charge in [-0.15, -0.1) is 0 Å². The number of aliphatic hydroxyl groups is 1. The summed E-state index contributed by atoms with van der Waals surface area (Å²) in [6, 6.07) is 0. The average molecular weight is 119 g/mol. The normalized spacial score (nSPS) is 9.75. The van der Waals surface area contributed by atoms with Gasteiger partial charge >= 0.3 is 0 Å². The van der Waals surface area contributed by atoms with Crippen LogP contribution in [0.3, 0.4) is 0 Å². The summed E-state index contributed by atoms with van der Waals surface area (Å²) < 4.78 is 0. The first-order valence-corrected chi connectivity index (χ1v) is 2.99. The summed E-state index contributed by atoms with van der Waals surface area (Å²) in [5.41, 5.74) is 4.38. The minimum atomic E-state index is -0.681. The highest BCUT2D eigenvalue weighted by atomic mass is 16.3. The Balaban J connectivity index is 0. The number of hydrogen-bond donors (Lipinski definition) is 2. The second kappa shape index (κ2) is 5.06. The molecule has 0 heterocycles. The lowest BCUT2D eigenvalue weighted by Gasteiger charge is -2.11. The van der Waals surface area contributed by atoms with Crippen molar-refractivity contribution in [2.75, 3.05) is 6.54 Å². The van der Waals surface area contributed by atoms with Crippen molar-refractivity contribution in [3.05, 3.63) is 0 Å². The summed E-state index contributed by atoms with van der Waals surface area (Å²) >= 11 is 0. The Morgan fingerprint density at radius 3 is 1.50 bits per heavy atom. The minimum Gasteiger partial charge on any atom is -0.389 e. The molecule has 0 amide bonds. The van der Waals surface area contributed by atoms with Gasteiger partial charge in [-0.2, -0.15) is 0 Å². The third-order valence-corrected chi connectivity index (χ3v) is 0.500. The highest BCUT2D eigenvalue weighted by molar-refractivity contribution is 4.63. The predicted octanol–water partition coefficient (Wildman–Crippen LogP) is 0.742. The van der Waals surface area contributed by atoms with Crippen LogP contribution >= 0.6 is 0 Å². The van der Waals surface area contributed by atoms with Gasteiger partial charge in [-0.1, -0.05) is 13.8 Å².